The van der Waals surface area contributed by atoms with Gasteiger partial charge in [0.05, 0.1) is 11.1 Å². The molecule has 1 aliphatic rings. The van der Waals surface area contributed by atoms with Crippen molar-refractivity contribution in [1.29, 1.82) is 0 Å². The SMILES string of the molecule is O=C(c1cccc2ccn(Cc3ccccc3)c12)N1CCNCCNCC1. The lowest BCUT2D eigenvalue weighted by Crippen LogP contribution is -2.39. The average molecular weight is 362 g/mol. The maximum Gasteiger partial charge on any atom is 0.256 e. The van der Waals surface area contributed by atoms with Crippen LogP contribution in [-0.2, 0) is 6.54 Å². The average Bonchev–Trinajstić information content (AvgIpc) is 3.16. The van der Waals surface area contributed by atoms with Gasteiger partial charge in [0.15, 0.2) is 0 Å². The Hall–Kier alpha value is -2.63. The predicted octanol–water partition coefficient (Wildman–Crippen LogP) is 2.32. The van der Waals surface area contributed by atoms with Gasteiger partial charge in [0.25, 0.3) is 5.91 Å². The van der Waals surface area contributed by atoms with Gasteiger partial charge in [-0.1, -0.05) is 42.5 Å². The van der Waals surface area contributed by atoms with Crippen molar-refractivity contribution in [1.82, 2.24) is 20.1 Å². The van der Waals surface area contributed by atoms with Crippen LogP contribution in [0.3, 0.4) is 0 Å². The second kappa shape index (κ2) is 8.37. The van der Waals surface area contributed by atoms with Crippen LogP contribution in [-0.4, -0.2) is 54.6 Å². The van der Waals surface area contributed by atoms with Crippen molar-refractivity contribution in [3.63, 3.8) is 0 Å². The summed E-state index contributed by atoms with van der Waals surface area (Å²) in [5, 5.41) is 7.86. The molecule has 0 unspecified atom stereocenters. The maximum atomic E-state index is 13.4. The molecule has 5 nitrogen and oxygen atoms in total. The summed E-state index contributed by atoms with van der Waals surface area (Å²) in [4.78, 5) is 15.3. The molecule has 0 atom stereocenters. The zero-order chi connectivity index (χ0) is 18.5. The molecule has 27 heavy (non-hydrogen) atoms. The highest BCUT2D eigenvalue weighted by Gasteiger charge is 2.20. The molecule has 1 aliphatic heterocycles. The van der Waals surface area contributed by atoms with E-state index in [-0.39, 0.29) is 5.91 Å². The summed E-state index contributed by atoms with van der Waals surface area (Å²) in [6.07, 6.45) is 2.08. The van der Waals surface area contributed by atoms with Crippen LogP contribution in [0.5, 0.6) is 0 Å². The van der Waals surface area contributed by atoms with Crippen LogP contribution in [0.4, 0.5) is 0 Å². The third kappa shape index (κ3) is 4.04. The van der Waals surface area contributed by atoms with E-state index in [1.165, 1.54) is 5.56 Å². The lowest BCUT2D eigenvalue weighted by Gasteiger charge is -2.23. The molecule has 1 fully saturated rings. The standard InChI is InChI=1S/C22H26N4O/c27-22(25-15-12-23-10-11-24-13-16-25)20-8-4-7-19-9-14-26(21(19)20)17-18-5-2-1-3-6-18/h1-9,14,23-24H,10-13,15-17H2. The first-order valence-corrected chi connectivity index (χ1v) is 9.65. The van der Waals surface area contributed by atoms with Crippen LogP contribution in [0.1, 0.15) is 15.9 Å². The molecule has 0 bridgehead atoms. The van der Waals surface area contributed by atoms with Crippen LogP contribution in [0.2, 0.25) is 0 Å². The van der Waals surface area contributed by atoms with E-state index in [1.54, 1.807) is 0 Å². The summed E-state index contributed by atoms with van der Waals surface area (Å²) < 4.78 is 2.19. The fraction of sp³-hybridized carbons (Fsp3) is 0.318. The minimum Gasteiger partial charge on any atom is -0.342 e. The van der Waals surface area contributed by atoms with Gasteiger partial charge >= 0.3 is 0 Å². The van der Waals surface area contributed by atoms with E-state index >= 15 is 0 Å². The van der Waals surface area contributed by atoms with Crippen molar-refractivity contribution in [2.24, 2.45) is 0 Å². The normalized spacial score (nSPS) is 15.9. The van der Waals surface area contributed by atoms with E-state index in [0.717, 1.165) is 62.3 Å². The molecule has 1 saturated heterocycles. The van der Waals surface area contributed by atoms with E-state index in [4.69, 9.17) is 0 Å². The largest absolute Gasteiger partial charge is 0.342 e. The molecule has 0 aliphatic carbocycles. The molecule has 2 heterocycles. The van der Waals surface area contributed by atoms with Gasteiger partial charge in [-0.2, -0.15) is 0 Å². The Morgan fingerprint density at radius 1 is 0.852 bits per heavy atom. The smallest absolute Gasteiger partial charge is 0.256 e. The predicted molar refractivity (Wildman–Crippen MR) is 109 cm³/mol. The van der Waals surface area contributed by atoms with Crippen molar-refractivity contribution in [2.45, 2.75) is 6.54 Å². The molecule has 0 saturated carbocycles. The molecule has 2 aromatic carbocycles. The number of hydrogen-bond donors (Lipinski definition) is 2. The first-order valence-electron chi connectivity index (χ1n) is 9.65. The summed E-state index contributed by atoms with van der Waals surface area (Å²) >= 11 is 0. The Balaban J connectivity index is 1.66. The Morgan fingerprint density at radius 3 is 2.33 bits per heavy atom. The van der Waals surface area contributed by atoms with Crippen molar-refractivity contribution < 1.29 is 4.79 Å². The Bertz CT molecular complexity index is 893. The number of aromatic nitrogens is 1. The number of nitrogens with zero attached hydrogens (tertiary/aromatic N) is 2. The van der Waals surface area contributed by atoms with Gasteiger partial charge in [0.2, 0.25) is 0 Å². The molecule has 1 amide bonds. The van der Waals surface area contributed by atoms with Crippen LogP contribution in [0.25, 0.3) is 10.9 Å². The fourth-order valence-corrected chi connectivity index (χ4v) is 3.69. The maximum absolute atomic E-state index is 13.4. The van der Waals surface area contributed by atoms with Crippen molar-refractivity contribution >= 4 is 16.8 Å². The zero-order valence-corrected chi connectivity index (χ0v) is 15.5. The lowest BCUT2D eigenvalue weighted by atomic mass is 10.1. The second-order valence-corrected chi connectivity index (χ2v) is 6.96. The number of para-hydroxylation sites is 1. The van der Waals surface area contributed by atoms with Crippen molar-refractivity contribution in [3.05, 3.63) is 71.9 Å². The van der Waals surface area contributed by atoms with Crippen molar-refractivity contribution in [2.75, 3.05) is 39.3 Å². The third-order valence-corrected chi connectivity index (χ3v) is 5.10. The van der Waals surface area contributed by atoms with Crippen LogP contribution >= 0.6 is 0 Å². The van der Waals surface area contributed by atoms with Crippen LogP contribution < -0.4 is 10.6 Å². The number of carbonyl (C=O) groups excluding carboxylic acids is 1. The fourth-order valence-electron chi connectivity index (χ4n) is 3.69. The van der Waals surface area contributed by atoms with E-state index in [2.05, 4.69) is 57.8 Å². The van der Waals surface area contributed by atoms with Crippen LogP contribution in [0, 0.1) is 0 Å². The molecule has 3 aromatic rings. The van der Waals surface area contributed by atoms with E-state index in [9.17, 15) is 4.79 Å². The molecule has 5 heteroatoms. The molecule has 4 rings (SSSR count). The number of fused-ring (bicyclic) bond motifs is 1. The summed E-state index contributed by atoms with van der Waals surface area (Å²) in [6.45, 7) is 5.77. The topological polar surface area (TPSA) is 49.3 Å². The Morgan fingerprint density at radius 2 is 1.59 bits per heavy atom. The molecule has 0 radical (unpaired) electrons. The number of benzene rings is 2. The molecule has 2 N–H and O–H groups in total. The van der Waals surface area contributed by atoms with Gasteiger partial charge < -0.3 is 20.1 Å². The Kier molecular flexibility index (Phi) is 5.51. The van der Waals surface area contributed by atoms with Crippen LogP contribution in [0.15, 0.2) is 60.8 Å². The summed E-state index contributed by atoms with van der Waals surface area (Å²) in [5.41, 5.74) is 3.04. The third-order valence-electron chi connectivity index (χ3n) is 5.10. The number of hydrogen-bond acceptors (Lipinski definition) is 3. The number of rotatable bonds is 3. The molecule has 0 spiro atoms. The van der Waals surface area contributed by atoms with E-state index < -0.39 is 0 Å². The van der Waals surface area contributed by atoms with E-state index in [0.29, 0.717) is 0 Å². The molecule has 140 valence electrons. The number of carbonyl (C=O) groups is 1. The van der Waals surface area contributed by atoms with Gasteiger partial charge in [-0.25, -0.2) is 0 Å². The zero-order valence-electron chi connectivity index (χ0n) is 15.5. The second-order valence-electron chi connectivity index (χ2n) is 6.96. The number of amides is 1. The monoisotopic (exact) mass is 362 g/mol. The summed E-state index contributed by atoms with van der Waals surface area (Å²) in [5.74, 6) is 0.110. The highest BCUT2D eigenvalue weighted by atomic mass is 16.2. The minimum absolute atomic E-state index is 0.110. The van der Waals surface area contributed by atoms with E-state index in [1.807, 2.05) is 23.1 Å². The minimum atomic E-state index is 0.110. The molecule has 1 aromatic heterocycles. The van der Waals surface area contributed by atoms with Crippen molar-refractivity contribution in [3.8, 4) is 0 Å². The number of nitrogens with one attached hydrogen (secondary N) is 2. The first-order chi connectivity index (χ1) is 13.3. The van der Waals surface area contributed by atoms with Gasteiger partial charge in [-0.15, -0.1) is 0 Å². The highest BCUT2D eigenvalue weighted by Crippen LogP contribution is 2.23. The lowest BCUT2D eigenvalue weighted by molar-refractivity contribution is 0.0763. The van der Waals surface area contributed by atoms with Gasteiger partial charge in [0.1, 0.15) is 0 Å². The molecular formula is C22H26N4O. The molecular weight excluding hydrogens is 336 g/mol. The highest BCUT2D eigenvalue weighted by molar-refractivity contribution is 6.06. The Labute approximate surface area is 160 Å². The van der Waals surface area contributed by atoms with Gasteiger partial charge in [-0.05, 0) is 17.7 Å². The summed E-state index contributed by atoms with van der Waals surface area (Å²) in [6, 6.07) is 18.5. The van der Waals surface area contributed by atoms with Gasteiger partial charge in [0, 0.05) is 57.4 Å². The summed E-state index contributed by atoms with van der Waals surface area (Å²) in [7, 11) is 0. The van der Waals surface area contributed by atoms with Gasteiger partial charge in [-0.3, -0.25) is 4.79 Å². The quantitative estimate of drug-likeness (QED) is 0.752. The first kappa shape index (κ1) is 17.8.